The highest BCUT2D eigenvalue weighted by Crippen LogP contribution is 2.28. The van der Waals surface area contributed by atoms with Crippen molar-refractivity contribution in [1.82, 2.24) is 0 Å². The van der Waals surface area contributed by atoms with Gasteiger partial charge in [0, 0.05) is 16.8 Å². The van der Waals surface area contributed by atoms with E-state index in [1.54, 1.807) is 0 Å². The molecule has 0 fully saturated rings. The first-order valence-corrected chi connectivity index (χ1v) is 10.4. The Morgan fingerprint density at radius 3 is 1.46 bits per heavy atom. The molecular weight excluding hydrogens is 370 g/mol. The summed E-state index contributed by atoms with van der Waals surface area (Å²) in [4.78, 5) is 10.8. The summed E-state index contributed by atoms with van der Waals surface area (Å²) in [6.07, 6.45) is 0. The molecule has 3 aromatic carbocycles. The summed E-state index contributed by atoms with van der Waals surface area (Å²) in [5, 5.41) is 8.43. The van der Waals surface area contributed by atoms with Crippen LogP contribution in [0.2, 0.25) is 0 Å². The molecule has 0 spiro atoms. The highest BCUT2D eigenvalue weighted by molar-refractivity contribution is 7.86. The maximum absolute atomic E-state index is 12.3. The number of nitrogens with two attached hydrogens (primary N) is 1. The molecule has 0 aromatic heterocycles. The van der Waals surface area contributed by atoms with Gasteiger partial charge in [-0.05, 0) is 23.6 Å². The minimum atomic E-state index is -1.49. The number of rotatable bonds is 6. The number of carbonyl (C=O) groups is 1. The molecule has 0 radical (unpaired) electrons. The maximum Gasteiger partial charge on any atom is 0.316 e. The molecule has 0 bridgehead atoms. The topological polar surface area (TPSA) is 80.4 Å². The Bertz CT molecular complexity index is 829. The zero-order valence-electron chi connectivity index (χ0n) is 15.8. The quantitative estimate of drug-likeness (QED) is 0.651. The van der Waals surface area contributed by atoms with Gasteiger partial charge in [0.1, 0.15) is 5.75 Å². The van der Waals surface area contributed by atoms with Crippen molar-refractivity contribution < 1.29 is 14.1 Å². The second-order valence-corrected chi connectivity index (χ2v) is 7.84. The summed E-state index contributed by atoms with van der Waals surface area (Å²) in [7, 11) is -1.49. The van der Waals surface area contributed by atoms with Crippen LogP contribution in [0.4, 0.5) is 0 Å². The van der Waals surface area contributed by atoms with Gasteiger partial charge in [0.25, 0.3) is 0 Å². The summed E-state index contributed by atoms with van der Waals surface area (Å²) in [5.41, 5.74) is 8.54. The van der Waals surface area contributed by atoms with Crippen molar-refractivity contribution in [2.45, 2.75) is 18.2 Å². The molecule has 0 heterocycles. The minimum Gasteiger partial charge on any atom is -0.481 e. The van der Waals surface area contributed by atoms with Crippen LogP contribution in [0.5, 0.6) is 0 Å². The van der Waals surface area contributed by atoms with Crippen LogP contribution >= 0.6 is 0 Å². The minimum absolute atomic E-state index is 0.159. The van der Waals surface area contributed by atoms with Crippen LogP contribution in [0, 0.1) is 0 Å². The Balaban J connectivity index is 0.000000261. The Labute approximate surface area is 168 Å². The third-order valence-corrected chi connectivity index (χ3v) is 5.66. The third kappa shape index (κ3) is 6.76. The molecule has 0 unspecified atom stereocenters. The van der Waals surface area contributed by atoms with E-state index in [4.69, 9.17) is 10.8 Å². The number of carboxylic acid groups (broad SMARTS) is 1. The molecular formula is C23H25NO3S. The van der Waals surface area contributed by atoms with Crippen LogP contribution < -0.4 is 5.73 Å². The highest BCUT2D eigenvalue weighted by atomic mass is 32.2. The molecule has 0 amide bonds. The first kappa shape index (κ1) is 21.5. The van der Waals surface area contributed by atoms with E-state index in [1.807, 2.05) is 97.9 Å². The SMILES string of the molecule is C[C@@H](N)c1ccccc1.O=C(O)C[S@@](=O)C(c1ccccc1)c1ccccc1. The molecule has 0 aliphatic carbocycles. The molecule has 0 aliphatic heterocycles. The van der Waals surface area contributed by atoms with Crippen LogP contribution in [-0.2, 0) is 15.6 Å². The van der Waals surface area contributed by atoms with E-state index in [2.05, 4.69) is 0 Å². The Morgan fingerprint density at radius 1 is 0.821 bits per heavy atom. The molecule has 4 nitrogen and oxygen atoms in total. The van der Waals surface area contributed by atoms with Crippen LogP contribution in [0.15, 0.2) is 91.0 Å². The second kappa shape index (κ2) is 11.2. The first-order chi connectivity index (χ1) is 13.5. The van der Waals surface area contributed by atoms with Gasteiger partial charge in [0.15, 0.2) is 0 Å². The first-order valence-electron chi connectivity index (χ1n) is 8.98. The molecule has 0 saturated heterocycles. The van der Waals surface area contributed by atoms with Crippen molar-refractivity contribution in [3.8, 4) is 0 Å². The van der Waals surface area contributed by atoms with E-state index in [0.717, 1.165) is 11.1 Å². The number of carboxylic acids is 1. The van der Waals surface area contributed by atoms with E-state index in [0.29, 0.717) is 0 Å². The summed E-state index contributed by atoms with van der Waals surface area (Å²) in [6, 6.07) is 28.9. The van der Waals surface area contributed by atoms with Crippen LogP contribution in [0.3, 0.4) is 0 Å². The summed E-state index contributed by atoms with van der Waals surface area (Å²) >= 11 is 0. The lowest BCUT2D eigenvalue weighted by Crippen LogP contribution is -2.17. The Hall–Kier alpha value is -2.76. The number of hydrogen-bond donors (Lipinski definition) is 2. The van der Waals surface area contributed by atoms with Gasteiger partial charge >= 0.3 is 5.97 Å². The van der Waals surface area contributed by atoms with E-state index in [-0.39, 0.29) is 11.8 Å². The van der Waals surface area contributed by atoms with Crippen molar-refractivity contribution in [3.63, 3.8) is 0 Å². The molecule has 3 rings (SSSR count). The summed E-state index contributed by atoms with van der Waals surface area (Å²) in [5.74, 6) is -1.40. The van der Waals surface area contributed by atoms with Crippen molar-refractivity contribution >= 4 is 16.8 Å². The van der Waals surface area contributed by atoms with Crippen molar-refractivity contribution in [1.29, 1.82) is 0 Å². The van der Waals surface area contributed by atoms with Crippen LogP contribution in [-0.4, -0.2) is 21.0 Å². The predicted molar refractivity (Wildman–Crippen MR) is 114 cm³/mol. The van der Waals surface area contributed by atoms with Gasteiger partial charge in [-0.25, -0.2) is 0 Å². The average molecular weight is 396 g/mol. The van der Waals surface area contributed by atoms with E-state index in [1.165, 1.54) is 5.56 Å². The highest BCUT2D eigenvalue weighted by Gasteiger charge is 2.22. The fraction of sp³-hybridized carbons (Fsp3) is 0.174. The summed E-state index contributed by atoms with van der Waals surface area (Å²) < 4.78 is 12.3. The molecule has 5 heteroatoms. The standard InChI is InChI=1S/C15H14O3S.C8H11N/c16-14(17)11-19(18)15(12-7-3-1-4-8-12)13-9-5-2-6-10-13;1-7(9)8-5-3-2-4-6-8/h1-10,15H,11H2,(H,16,17);2-7H,9H2,1H3/t19-;7-/m11/s1. The van der Waals surface area contributed by atoms with Crippen molar-refractivity contribution in [2.24, 2.45) is 5.73 Å². The second-order valence-electron chi connectivity index (χ2n) is 6.32. The van der Waals surface area contributed by atoms with Gasteiger partial charge in [0.05, 0.1) is 5.25 Å². The van der Waals surface area contributed by atoms with Gasteiger partial charge in [-0.1, -0.05) is 91.0 Å². The Kier molecular flexibility index (Phi) is 8.59. The normalized spacial score (nSPS) is 12.5. The molecule has 2 atom stereocenters. The van der Waals surface area contributed by atoms with E-state index >= 15 is 0 Å². The van der Waals surface area contributed by atoms with E-state index < -0.39 is 22.0 Å². The fourth-order valence-electron chi connectivity index (χ4n) is 2.71. The number of benzene rings is 3. The third-order valence-electron chi connectivity index (χ3n) is 4.06. The molecule has 146 valence electrons. The molecule has 3 aromatic rings. The maximum atomic E-state index is 12.3. The molecule has 3 N–H and O–H groups in total. The average Bonchev–Trinajstić information content (AvgIpc) is 2.70. The van der Waals surface area contributed by atoms with Crippen molar-refractivity contribution in [2.75, 3.05) is 5.75 Å². The van der Waals surface area contributed by atoms with E-state index in [9.17, 15) is 9.00 Å². The zero-order chi connectivity index (χ0) is 20.4. The predicted octanol–water partition coefficient (Wildman–Crippen LogP) is 4.32. The number of hydrogen-bond acceptors (Lipinski definition) is 3. The number of aliphatic carboxylic acids is 1. The lowest BCUT2D eigenvalue weighted by atomic mass is 10.0. The van der Waals surface area contributed by atoms with Gasteiger partial charge in [-0.2, -0.15) is 0 Å². The lowest BCUT2D eigenvalue weighted by molar-refractivity contribution is -0.133. The largest absolute Gasteiger partial charge is 0.481 e. The molecule has 0 saturated carbocycles. The van der Waals surface area contributed by atoms with Gasteiger partial charge in [0.2, 0.25) is 0 Å². The van der Waals surface area contributed by atoms with Crippen molar-refractivity contribution in [3.05, 3.63) is 108 Å². The molecule has 28 heavy (non-hydrogen) atoms. The monoisotopic (exact) mass is 395 g/mol. The summed E-state index contributed by atoms with van der Waals surface area (Å²) in [6.45, 7) is 1.98. The van der Waals surface area contributed by atoms with Crippen LogP contribution in [0.25, 0.3) is 0 Å². The smallest absolute Gasteiger partial charge is 0.316 e. The van der Waals surface area contributed by atoms with Gasteiger partial charge in [-0.15, -0.1) is 0 Å². The van der Waals surface area contributed by atoms with Crippen LogP contribution in [0.1, 0.15) is 34.9 Å². The molecule has 0 aliphatic rings. The zero-order valence-corrected chi connectivity index (χ0v) is 16.6. The fourth-order valence-corrected chi connectivity index (χ4v) is 4.04. The van der Waals surface area contributed by atoms with Gasteiger partial charge in [-0.3, -0.25) is 9.00 Å². The lowest BCUT2D eigenvalue weighted by Gasteiger charge is -2.16. The Morgan fingerprint density at radius 2 is 1.18 bits per heavy atom. The van der Waals surface area contributed by atoms with Gasteiger partial charge < -0.3 is 10.8 Å².